The Bertz CT molecular complexity index is 284. The molecule has 4 heteroatoms. The zero-order valence-corrected chi connectivity index (χ0v) is 17.3. The van der Waals surface area contributed by atoms with Crippen molar-refractivity contribution in [2.24, 2.45) is 5.92 Å². The SMILES string of the molecule is CC(C)N[Si](C)(C)C1CCC([Si](C)(C)NC(C)C)C1C. The Kier molecular flexibility index (Phi) is 6.10. The van der Waals surface area contributed by atoms with E-state index in [2.05, 4.69) is 70.8 Å². The van der Waals surface area contributed by atoms with Gasteiger partial charge in [0.15, 0.2) is 0 Å². The first-order valence-corrected chi connectivity index (χ1v) is 14.7. The Balaban J connectivity index is 2.79. The summed E-state index contributed by atoms with van der Waals surface area (Å²) in [6.45, 7) is 21.9. The highest BCUT2D eigenvalue weighted by Crippen LogP contribution is 2.52. The van der Waals surface area contributed by atoms with Crippen LogP contribution < -0.4 is 9.96 Å². The Labute approximate surface area is 129 Å². The van der Waals surface area contributed by atoms with Crippen molar-refractivity contribution < 1.29 is 0 Å². The number of hydrogen-bond donors (Lipinski definition) is 2. The average molecular weight is 315 g/mol. The van der Waals surface area contributed by atoms with Gasteiger partial charge in [-0.2, -0.15) is 0 Å². The molecule has 1 saturated carbocycles. The molecule has 0 aromatic carbocycles. The van der Waals surface area contributed by atoms with Gasteiger partial charge in [0, 0.05) is 0 Å². The number of nitrogens with one attached hydrogen (secondary N) is 2. The number of hydrogen-bond acceptors (Lipinski definition) is 2. The minimum Gasteiger partial charge on any atom is -0.335 e. The highest BCUT2D eigenvalue weighted by Gasteiger charge is 2.48. The van der Waals surface area contributed by atoms with Crippen molar-refractivity contribution in [3.05, 3.63) is 0 Å². The van der Waals surface area contributed by atoms with Crippen molar-refractivity contribution in [3.8, 4) is 0 Å². The fourth-order valence-electron chi connectivity index (χ4n) is 4.90. The minimum absolute atomic E-state index is 0.627. The van der Waals surface area contributed by atoms with Crippen molar-refractivity contribution in [1.29, 1.82) is 0 Å². The maximum Gasteiger partial charge on any atom is 0.123 e. The fraction of sp³-hybridized carbons (Fsp3) is 1.00. The molecule has 20 heavy (non-hydrogen) atoms. The molecule has 0 aromatic rings. The number of rotatable bonds is 6. The fourth-order valence-corrected chi connectivity index (χ4v) is 13.4. The van der Waals surface area contributed by atoms with Gasteiger partial charge in [-0.25, -0.2) is 0 Å². The molecule has 1 rings (SSSR count). The summed E-state index contributed by atoms with van der Waals surface area (Å²) >= 11 is 0. The Morgan fingerprint density at radius 1 is 0.750 bits per heavy atom. The molecule has 0 saturated heterocycles. The Hall–Kier alpha value is 0.354. The van der Waals surface area contributed by atoms with E-state index in [1.54, 1.807) is 0 Å². The van der Waals surface area contributed by atoms with Crippen LogP contribution in [0.25, 0.3) is 0 Å². The van der Waals surface area contributed by atoms with Gasteiger partial charge < -0.3 is 9.96 Å². The van der Waals surface area contributed by atoms with Crippen LogP contribution in [0.5, 0.6) is 0 Å². The van der Waals surface area contributed by atoms with Crippen LogP contribution in [0.3, 0.4) is 0 Å². The van der Waals surface area contributed by atoms with Crippen LogP contribution in [0.2, 0.25) is 37.3 Å². The lowest BCUT2D eigenvalue weighted by Crippen LogP contribution is -2.55. The summed E-state index contributed by atoms with van der Waals surface area (Å²) in [4.78, 5) is 7.88. The van der Waals surface area contributed by atoms with E-state index in [9.17, 15) is 0 Å². The van der Waals surface area contributed by atoms with Gasteiger partial charge in [-0.3, -0.25) is 0 Å². The second-order valence-corrected chi connectivity index (χ2v) is 17.6. The smallest absolute Gasteiger partial charge is 0.123 e. The average Bonchev–Trinajstić information content (AvgIpc) is 2.56. The van der Waals surface area contributed by atoms with Crippen LogP contribution in [-0.2, 0) is 0 Å². The van der Waals surface area contributed by atoms with Crippen molar-refractivity contribution >= 4 is 16.5 Å². The van der Waals surface area contributed by atoms with Gasteiger partial charge in [0.2, 0.25) is 0 Å². The molecule has 0 aromatic heterocycles. The predicted octanol–water partition coefficient (Wildman–Crippen LogP) is 4.56. The molecule has 0 heterocycles. The summed E-state index contributed by atoms with van der Waals surface area (Å²) in [5.74, 6) is 0.885. The van der Waals surface area contributed by atoms with Gasteiger partial charge in [0.05, 0.1) is 0 Å². The van der Waals surface area contributed by atoms with Crippen molar-refractivity contribution in [1.82, 2.24) is 9.96 Å². The maximum atomic E-state index is 3.94. The van der Waals surface area contributed by atoms with Crippen LogP contribution in [0.15, 0.2) is 0 Å². The van der Waals surface area contributed by atoms with E-state index in [0.717, 1.165) is 17.0 Å². The summed E-state index contributed by atoms with van der Waals surface area (Å²) in [7, 11) is -2.63. The lowest BCUT2D eigenvalue weighted by atomic mass is 10.1. The van der Waals surface area contributed by atoms with Crippen LogP contribution in [0.1, 0.15) is 47.5 Å². The third-order valence-electron chi connectivity index (χ3n) is 5.23. The van der Waals surface area contributed by atoms with E-state index in [-0.39, 0.29) is 0 Å². The molecule has 2 unspecified atom stereocenters. The monoisotopic (exact) mass is 314 g/mol. The lowest BCUT2D eigenvalue weighted by Gasteiger charge is -2.40. The molecule has 2 nitrogen and oxygen atoms in total. The van der Waals surface area contributed by atoms with E-state index >= 15 is 0 Å². The van der Waals surface area contributed by atoms with Gasteiger partial charge in [-0.15, -0.1) is 0 Å². The lowest BCUT2D eigenvalue weighted by molar-refractivity contribution is 0.554. The quantitative estimate of drug-likeness (QED) is 0.702. The van der Waals surface area contributed by atoms with Crippen molar-refractivity contribution in [2.45, 2.75) is 96.8 Å². The van der Waals surface area contributed by atoms with Gasteiger partial charge in [0.25, 0.3) is 0 Å². The molecule has 0 bridgehead atoms. The Morgan fingerprint density at radius 3 is 1.30 bits per heavy atom. The Morgan fingerprint density at radius 2 is 1.05 bits per heavy atom. The van der Waals surface area contributed by atoms with Gasteiger partial charge in [-0.1, -0.05) is 73.6 Å². The topological polar surface area (TPSA) is 24.1 Å². The second-order valence-electron chi connectivity index (χ2n) is 8.69. The standard InChI is InChI=1S/C16H38N2Si2/c1-12(2)17-19(6,7)15-10-11-16(14(15)5)20(8,9)18-13(3)4/h12-18H,10-11H2,1-9H3. The van der Waals surface area contributed by atoms with Crippen LogP contribution in [0.4, 0.5) is 0 Å². The second kappa shape index (κ2) is 6.63. The van der Waals surface area contributed by atoms with Gasteiger partial charge in [-0.05, 0) is 29.1 Å². The molecule has 1 fully saturated rings. The van der Waals surface area contributed by atoms with E-state index in [0.29, 0.717) is 12.1 Å². The largest absolute Gasteiger partial charge is 0.335 e. The predicted molar refractivity (Wildman–Crippen MR) is 97.4 cm³/mol. The van der Waals surface area contributed by atoms with Gasteiger partial charge >= 0.3 is 0 Å². The molecule has 2 N–H and O–H groups in total. The molecule has 0 aliphatic heterocycles. The summed E-state index contributed by atoms with van der Waals surface area (Å²) in [5, 5.41) is 0. The molecular formula is C16H38N2Si2. The first-order valence-electron chi connectivity index (χ1n) is 8.52. The molecule has 120 valence electrons. The highest BCUT2D eigenvalue weighted by molar-refractivity contribution is 6.78. The molecule has 1 aliphatic rings. The molecular weight excluding hydrogens is 276 g/mol. The molecule has 0 radical (unpaired) electrons. The van der Waals surface area contributed by atoms with Crippen LogP contribution in [0, 0.1) is 5.92 Å². The van der Waals surface area contributed by atoms with E-state index in [1.807, 2.05) is 0 Å². The summed E-state index contributed by atoms with van der Waals surface area (Å²) in [6.07, 6.45) is 2.89. The molecule has 1 aliphatic carbocycles. The van der Waals surface area contributed by atoms with E-state index < -0.39 is 16.5 Å². The normalized spacial score (nSPS) is 28.6. The zero-order chi connectivity index (χ0) is 15.7. The van der Waals surface area contributed by atoms with E-state index in [4.69, 9.17) is 0 Å². The highest BCUT2D eigenvalue weighted by atomic mass is 28.3. The van der Waals surface area contributed by atoms with Crippen LogP contribution >= 0.6 is 0 Å². The summed E-state index contributed by atoms with van der Waals surface area (Å²) < 4.78 is 0. The maximum absolute atomic E-state index is 3.94. The van der Waals surface area contributed by atoms with Crippen molar-refractivity contribution in [2.75, 3.05) is 0 Å². The molecule has 0 spiro atoms. The summed E-state index contributed by atoms with van der Waals surface area (Å²) in [5.41, 5.74) is 1.88. The first kappa shape index (κ1) is 18.4. The third-order valence-corrected chi connectivity index (χ3v) is 13.2. The molecule has 2 atom stereocenters. The van der Waals surface area contributed by atoms with Gasteiger partial charge in [0.1, 0.15) is 16.5 Å². The van der Waals surface area contributed by atoms with Crippen LogP contribution in [-0.4, -0.2) is 28.6 Å². The first-order chi connectivity index (χ1) is 8.97. The summed E-state index contributed by atoms with van der Waals surface area (Å²) in [6, 6.07) is 1.25. The molecule has 0 amide bonds. The minimum atomic E-state index is -1.31. The van der Waals surface area contributed by atoms with E-state index in [1.165, 1.54) is 12.8 Å². The third kappa shape index (κ3) is 4.42. The van der Waals surface area contributed by atoms with Crippen molar-refractivity contribution in [3.63, 3.8) is 0 Å². The zero-order valence-electron chi connectivity index (χ0n) is 15.3.